The summed E-state index contributed by atoms with van der Waals surface area (Å²) >= 11 is 0. The van der Waals surface area contributed by atoms with Crippen molar-refractivity contribution in [1.29, 1.82) is 0 Å². The molecule has 0 saturated carbocycles. The Hall–Kier alpha value is -2.01. The first-order valence-corrected chi connectivity index (χ1v) is 6.49. The molecule has 1 aliphatic heterocycles. The van der Waals surface area contributed by atoms with Crippen LogP contribution in [0, 0.1) is 10.1 Å². The number of nitro benzene ring substituents is 1. The Morgan fingerprint density at radius 3 is 2.74 bits per heavy atom. The van der Waals surface area contributed by atoms with Crippen LogP contribution in [0.25, 0.3) is 10.8 Å². The fraction of sp³-hybridized carbons (Fsp3) is 0.357. The minimum atomic E-state index is -0.375. The van der Waals surface area contributed by atoms with E-state index in [2.05, 4.69) is 16.4 Å². The maximum Gasteiger partial charge on any atom is 0.270 e. The molecule has 2 heterocycles. The lowest BCUT2D eigenvalue weighted by molar-refractivity contribution is -0.384. The number of piperidine rings is 1. The number of nitrogens with one attached hydrogen (secondary N) is 1. The predicted octanol–water partition coefficient (Wildman–Crippen LogP) is 2.61. The molecule has 0 amide bonds. The SMILES string of the molecule is O=[N+]([O-])c1ccc2cc(C3CCNCC3)ncc2c1. The van der Waals surface area contributed by atoms with Gasteiger partial charge in [-0.3, -0.25) is 15.1 Å². The number of pyridine rings is 1. The van der Waals surface area contributed by atoms with E-state index in [1.165, 1.54) is 0 Å². The van der Waals surface area contributed by atoms with Crippen LogP contribution in [0.15, 0.2) is 30.5 Å². The van der Waals surface area contributed by atoms with E-state index in [4.69, 9.17) is 0 Å². The molecule has 3 rings (SSSR count). The quantitative estimate of drug-likeness (QED) is 0.663. The van der Waals surface area contributed by atoms with E-state index < -0.39 is 0 Å². The molecule has 0 bridgehead atoms. The Morgan fingerprint density at radius 2 is 2.00 bits per heavy atom. The molecule has 19 heavy (non-hydrogen) atoms. The van der Waals surface area contributed by atoms with Crippen molar-refractivity contribution in [2.24, 2.45) is 0 Å². The fourth-order valence-electron chi connectivity index (χ4n) is 2.60. The zero-order valence-corrected chi connectivity index (χ0v) is 10.5. The number of hydrogen-bond donors (Lipinski definition) is 1. The Kier molecular flexibility index (Phi) is 3.13. The molecular formula is C14H15N3O2. The Bertz CT molecular complexity index is 621. The molecule has 1 saturated heterocycles. The first-order valence-electron chi connectivity index (χ1n) is 6.49. The fourth-order valence-corrected chi connectivity index (χ4v) is 2.60. The maximum atomic E-state index is 10.7. The lowest BCUT2D eigenvalue weighted by atomic mass is 9.93. The van der Waals surface area contributed by atoms with Crippen LogP contribution in [0.2, 0.25) is 0 Å². The monoisotopic (exact) mass is 257 g/mol. The van der Waals surface area contributed by atoms with Crippen molar-refractivity contribution in [1.82, 2.24) is 10.3 Å². The van der Waals surface area contributed by atoms with Crippen LogP contribution < -0.4 is 5.32 Å². The second-order valence-electron chi connectivity index (χ2n) is 4.92. The summed E-state index contributed by atoms with van der Waals surface area (Å²) < 4.78 is 0. The topological polar surface area (TPSA) is 68.1 Å². The third-order valence-corrected chi connectivity index (χ3v) is 3.69. The van der Waals surface area contributed by atoms with Gasteiger partial charge in [0.05, 0.1) is 4.92 Å². The van der Waals surface area contributed by atoms with Crippen LogP contribution in [0.4, 0.5) is 5.69 Å². The third-order valence-electron chi connectivity index (χ3n) is 3.69. The molecule has 0 aliphatic carbocycles. The molecule has 98 valence electrons. The molecule has 0 atom stereocenters. The summed E-state index contributed by atoms with van der Waals surface area (Å²) in [5.41, 5.74) is 1.21. The zero-order chi connectivity index (χ0) is 13.2. The van der Waals surface area contributed by atoms with Crippen LogP contribution in [0.3, 0.4) is 0 Å². The average Bonchev–Trinajstić information content (AvgIpc) is 2.47. The molecule has 1 aromatic heterocycles. The van der Waals surface area contributed by atoms with Gasteiger partial charge >= 0.3 is 0 Å². The number of hydrogen-bond acceptors (Lipinski definition) is 4. The number of rotatable bonds is 2. The van der Waals surface area contributed by atoms with Gasteiger partial charge in [0.1, 0.15) is 0 Å². The van der Waals surface area contributed by atoms with E-state index >= 15 is 0 Å². The Morgan fingerprint density at radius 1 is 1.21 bits per heavy atom. The van der Waals surface area contributed by atoms with Crippen molar-refractivity contribution in [2.45, 2.75) is 18.8 Å². The largest absolute Gasteiger partial charge is 0.317 e. The average molecular weight is 257 g/mol. The van der Waals surface area contributed by atoms with Gasteiger partial charge in [-0.1, -0.05) is 0 Å². The zero-order valence-electron chi connectivity index (χ0n) is 10.5. The van der Waals surface area contributed by atoms with E-state index in [1.54, 1.807) is 24.4 Å². The molecular weight excluding hydrogens is 242 g/mol. The number of fused-ring (bicyclic) bond motifs is 1. The highest BCUT2D eigenvalue weighted by molar-refractivity contribution is 5.84. The van der Waals surface area contributed by atoms with Gasteiger partial charge in [-0.05, 0) is 43.5 Å². The molecule has 5 nitrogen and oxygen atoms in total. The molecule has 0 unspecified atom stereocenters. The number of non-ortho nitro benzene ring substituents is 1. The van der Waals surface area contributed by atoms with Crippen molar-refractivity contribution < 1.29 is 4.92 Å². The molecule has 1 aliphatic rings. The summed E-state index contributed by atoms with van der Waals surface area (Å²) in [6, 6.07) is 7.00. The summed E-state index contributed by atoms with van der Waals surface area (Å²) in [7, 11) is 0. The molecule has 1 fully saturated rings. The molecule has 1 N–H and O–H groups in total. The number of aromatic nitrogens is 1. The van der Waals surface area contributed by atoms with Crippen LogP contribution in [-0.2, 0) is 0 Å². The van der Waals surface area contributed by atoms with Crippen molar-refractivity contribution >= 4 is 16.5 Å². The van der Waals surface area contributed by atoms with Crippen LogP contribution in [0.5, 0.6) is 0 Å². The van der Waals surface area contributed by atoms with Crippen molar-refractivity contribution in [2.75, 3.05) is 13.1 Å². The summed E-state index contributed by atoms with van der Waals surface area (Å²) in [4.78, 5) is 14.8. The van der Waals surface area contributed by atoms with Gasteiger partial charge in [-0.2, -0.15) is 0 Å². The van der Waals surface area contributed by atoms with Gasteiger partial charge in [-0.25, -0.2) is 0 Å². The van der Waals surface area contributed by atoms with E-state index in [0.29, 0.717) is 5.92 Å². The van der Waals surface area contributed by atoms with E-state index in [0.717, 1.165) is 42.4 Å². The minimum absolute atomic E-state index is 0.115. The van der Waals surface area contributed by atoms with Gasteiger partial charge in [0.15, 0.2) is 0 Å². The van der Waals surface area contributed by atoms with Gasteiger partial charge in [-0.15, -0.1) is 0 Å². The molecule has 2 aromatic rings. The minimum Gasteiger partial charge on any atom is -0.317 e. The second-order valence-corrected chi connectivity index (χ2v) is 4.92. The molecule has 0 radical (unpaired) electrons. The number of nitro groups is 1. The third kappa shape index (κ3) is 2.42. The molecule has 0 spiro atoms. The Balaban J connectivity index is 1.97. The van der Waals surface area contributed by atoms with Crippen molar-refractivity contribution in [3.05, 3.63) is 46.3 Å². The normalized spacial score (nSPS) is 16.6. The summed E-state index contributed by atoms with van der Waals surface area (Å²) in [5.74, 6) is 0.501. The highest BCUT2D eigenvalue weighted by Crippen LogP contribution is 2.27. The summed E-state index contributed by atoms with van der Waals surface area (Å²) in [6.07, 6.45) is 3.96. The van der Waals surface area contributed by atoms with Crippen LogP contribution >= 0.6 is 0 Å². The lowest BCUT2D eigenvalue weighted by Gasteiger charge is -2.22. The van der Waals surface area contributed by atoms with E-state index in [1.807, 2.05) is 0 Å². The second kappa shape index (κ2) is 4.93. The lowest BCUT2D eigenvalue weighted by Crippen LogP contribution is -2.27. The van der Waals surface area contributed by atoms with E-state index in [9.17, 15) is 10.1 Å². The number of nitrogens with zero attached hydrogens (tertiary/aromatic N) is 2. The summed E-state index contributed by atoms with van der Waals surface area (Å²) in [6.45, 7) is 2.06. The summed E-state index contributed by atoms with van der Waals surface area (Å²) in [5, 5.41) is 15.9. The maximum absolute atomic E-state index is 10.7. The van der Waals surface area contributed by atoms with E-state index in [-0.39, 0.29) is 10.6 Å². The van der Waals surface area contributed by atoms with Gasteiger partial charge < -0.3 is 5.32 Å². The highest BCUT2D eigenvalue weighted by Gasteiger charge is 2.17. The number of benzene rings is 1. The Labute approximate surface area is 110 Å². The van der Waals surface area contributed by atoms with Crippen molar-refractivity contribution in [3.8, 4) is 0 Å². The first kappa shape index (κ1) is 12.0. The molecule has 1 aromatic carbocycles. The standard InChI is InChI=1S/C14H15N3O2/c18-17(19)13-2-1-11-8-14(16-9-12(11)7-13)10-3-5-15-6-4-10/h1-2,7-10,15H,3-6H2. The molecule has 5 heteroatoms. The van der Waals surface area contributed by atoms with Gasteiger partial charge in [0, 0.05) is 35.3 Å². The predicted molar refractivity (Wildman–Crippen MR) is 73.2 cm³/mol. The van der Waals surface area contributed by atoms with Crippen LogP contribution in [0.1, 0.15) is 24.5 Å². The van der Waals surface area contributed by atoms with Crippen molar-refractivity contribution in [3.63, 3.8) is 0 Å². The first-order chi connectivity index (χ1) is 9.24. The van der Waals surface area contributed by atoms with Gasteiger partial charge in [0.25, 0.3) is 5.69 Å². The highest BCUT2D eigenvalue weighted by atomic mass is 16.6. The van der Waals surface area contributed by atoms with Crippen LogP contribution in [-0.4, -0.2) is 23.0 Å². The van der Waals surface area contributed by atoms with Gasteiger partial charge in [0.2, 0.25) is 0 Å². The smallest absolute Gasteiger partial charge is 0.270 e.